The van der Waals surface area contributed by atoms with E-state index in [2.05, 4.69) is 228 Å². The van der Waals surface area contributed by atoms with Gasteiger partial charge in [0.2, 0.25) is 6.71 Å². The second kappa shape index (κ2) is 12.6. The van der Waals surface area contributed by atoms with Crippen LogP contribution in [0.4, 0.5) is 17.1 Å². The van der Waals surface area contributed by atoms with Crippen LogP contribution in [0.1, 0.15) is 79.0 Å². The highest BCUT2D eigenvalue weighted by Gasteiger charge is 2.43. The maximum absolute atomic E-state index is 2.57. The van der Waals surface area contributed by atoms with E-state index in [1.807, 2.05) is 0 Å². The lowest BCUT2D eigenvalue weighted by atomic mass is 9.32. The van der Waals surface area contributed by atoms with E-state index in [-0.39, 0.29) is 23.0 Å². The number of hydrogen-bond donors (Lipinski definition) is 0. The molecule has 2 aliphatic heterocycles. The highest BCUT2D eigenvalue weighted by molar-refractivity contribution is 7.01. The van der Waals surface area contributed by atoms with Crippen LogP contribution in [0.25, 0.3) is 55.2 Å². The number of anilines is 3. The molecule has 0 atom stereocenters. The SMILES string of the molecule is CC(C)(C)c1ccc(N2c3ccc(C(C)(C)C)cc3B3c4c(cc(-n5c6ccccc6c6cc(C(C)(C)C)ccc65)cc42)-c2cccc4c2c3cn4-c2ccccc2)cc1. The number of aromatic nitrogens is 2. The summed E-state index contributed by atoms with van der Waals surface area (Å²) in [5, 5.41) is 3.91. The highest BCUT2D eigenvalue weighted by Crippen LogP contribution is 2.46. The summed E-state index contributed by atoms with van der Waals surface area (Å²) < 4.78 is 4.94. The van der Waals surface area contributed by atoms with Gasteiger partial charge in [0.25, 0.3) is 0 Å². The average Bonchev–Trinajstić information content (AvgIpc) is 3.78. The Balaban J connectivity index is 1.27. The Morgan fingerprint density at radius 3 is 1.78 bits per heavy atom. The van der Waals surface area contributed by atoms with Crippen LogP contribution in [0, 0.1) is 0 Å². The molecule has 2 aromatic heterocycles. The van der Waals surface area contributed by atoms with Crippen LogP contribution in [0.5, 0.6) is 0 Å². The minimum Gasteiger partial charge on any atom is -0.317 e. The molecular formula is C56H52BN3. The largest absolute Gasteiger partial charge is 0.317 e. The van der Waals surface area contributed by atoms with Crippen molar-refractivity contribution in [2.24, 2.45) is 0 Å². The van der Waals surface area contributed by atoms with Gasteiger partial charge in [-0.15, -0.1) is 0 Å². The molecule has 294 valence electrons. The van der Waals surface area contributed by atoms with Crippen LogP contribution < -0.4 is 21.3 Å². The quantitative estimate of drug-likeness (QED) is 0.163. The average molecular weight is 778 g/mol. The van der Waals surface area contributed by atoms with Crippen molar-refractivity contribution in [2.45, 2.75) is 78.6 Å². The lowest BCUT2D eigenvalue weighted by Crippen LogP contribution is -2.59. The smallest absolute Gasteiger partial charge is 0.250 e. The molecule has 3 nitrogen and oxygen atoms in total. The van der Waals surface area contributed by atoms with E-state index in [0.29, 0.717) is 0 Å². The Morgan fingerprint density at radius 1 is 0.417 bits per heavy atom. The molecule has 11 rings (SSSR count). The summed E-state index contributed by atoms with van der Waals surface area (Å²) in [5.41, 5.74) is 20.5. The van der Waals surface area contributed by atoms with Crippen molar-refractivity contribution >= 4 is 72.9 Å². The normalized spacial score (nSPS) is 13.7. The fourth-order valence-electron chi connectivity index (χ4n) is 10.2. The molecule has 60 heavy (non-hydrogen) atoms. The van der Waals surface area contributed by atoms with Gasteiger partial charge >= 0.3 is 0 Å². The molecule has 0 bridgehead atoms. The molecule has 0 unspecified atom stereocenters. The molecule has 0 saturated heterocycles. The van der Waals surface area contributed by atoms with E-state index >= 15 is 0 Å². The molecule has 7 aromatic carbocycles. The van der Waals surface area contributed by atoms with Gasteiger partial charge in [-0.2, -0.15) is 0 Å². The molecule has 4 heteroatoms. The third kappa shape index (κ3) is 5.42. The van der Waals surface area contributed by atoms with Gasteiger partial charge in [-0.25, -0.2) is 0 Å². The first kappa shape index (κ1) is 36.8. The zero-order valence-corrected chi connectivity index (χ0v) is 36.4. The molecule has 0 fully saturated rings. The Kier molecular flexibility index (Phi) is 7.75. The van der Waals surface area contributed by atoms with Crippen molar-refractivity contribution in [1.82, 2.24) is 9.13 Å². The van der Waals surface area contributed by atoms with E-state index in [4.69, 9.17) is 0 Å². The number of para-hydroxylation sites is 2. The minimum atomic E-state index is -0.0115. The fraction of sp³-hybridized carbons (Fsp3) is 0.214. The number of nitrogens with zero attached hydrogens (tertiary/aromatic N) is 3. The van der Waals surface area contributed by atoms with Gasteiger partial charge in [0.1, 0.15) is 0 Å². The molecule has 9 aromatic rings. The lowest BCUT2D eigenvalue weighted by Gasteiger charge is -2.41. The molecular weight excluding hydrogens is 725 g/mol. The van der Waals surface area contributed by atoms with E-state index in [1.165, 1.54) is 105 Å². The van der Waals surface area contributed by atoms with Crippen molar-refractivity contribution in [3.05, 3.63) is 168 Å². The fourth-order valence-corrected chi connectivity index (χ4v) is 10.2. The van der Waals surface area contributed by atoms with Crippen LogP contribution in [0.15, 0.2) is 152 Å². The predicted molar refractivity (Wildman–Crippen MR) is 258 cm³/mol. The van der Waals surface area contributed by atoms with Crippen molar-refractivity contribution in [3.8, 4) is 22.5 Å². The Morgan fingerprint density at radius 2 is 1.05 bits per heavy atom. The maximum atomic E-state index is 2.57. The first-order valence-corrected chi connectivity index (χ1v) is 21.6. The number of hydrogen-bond acceptors (Lipinski definition) is 1. The standard InChI is InChI=1S/C56H52BN3/c1-54(2,3)35-22-26-39(27-23-35)59-49-29-25-37(56(7,8)9)31-45(49)57-46-34-58(38-16-11-10-12-17-38)50-21-15-19-42(52(46)50)44-32-40(33-51(59)53(44)57)60-47-20-14-13-18-41(47)43-30-36(55(4,5)6)24-28-48(43)60/h10-34H,1-9H3. The van der Waals surface area contributed by atoms with Gasteiger partial charge in [0, 0.05) is 50.8 Å². The van der Waals surface area contributed by atoms with Crippen LogP contribution in [0.3, 0.4) is 0 Å². The van der Waals surface area contributed by atoms with Crippen molar-refractivity contribution < 1.29 is 0 Å². The Bertz CT molecular complexity index is 3200. The maximum Gasteiger partial charge on any atom is 0.250 e. The van der Waals surface area contributed by atoms with Crippen LogP contribution in [0.2, 0.25) is 0 Å². The van der Waals surface area contributed by atoms with Crippen LogP contribution in [-0.4, -0.2) is 15.8 Å². The first-order chi connectivity index (χ1) is 28.7. The molecule has 0 spiro atoms. The predicted octanol–water partition coefficient (Wildman–Crippen LogP) is 12.9. The summed E-state index contributed by atoms with van der Waals surface area (Å²) in [6.07, 6.45) is 2.44. The summed E-state index contributed by atoms with van der Waals surface area (Å²) in [4.78, 5) is 2.57. The van der Waals surface area contributed by atoms with Gasteiger partial charge in [0.05, 0.1) is 16.6 Å². The minimum absolute atomic E-state index is 0.0115. The molecule has 2 aliphatic rings. The van der Waals surface area contributed by atoms with Gasteiger partial charge in [-0.1, -0.05) is 141 Å². The van der Waals surface area contributed by atoms with Gasteiger partial charge in [-0.05, 0) is 127 Å². The first-order valence-electron chi connectivity index (χ1n) is 21.6. The summed E-state index contributed by atoms with van der Waals surface area (Å²) in [5.74, 6) is 0. The van der Waals surface area contributed by atoms with Crippen molar-refractivity contribution in [1.29, 1.82) is 0 Å². The van der Waals surface area contributed by atoms with E-state index < -0.39 is 0 Å². The van der Waals surface area contributed by atoms with E-state index in [9.17, 15) is 0 Å². The lowest BCUT2D eigenvalue weighted by molar-refractivity contribution is 0.590. The zero-order valence-electron chi connectivity index (χ0n) is 36.4. The molecule has 0 radical (unpaired) electrons. The monoisotopic (exact) mass is 777 g/mol. The van der Waals surface area contributed by atoms with Gasteiger partial charge in [0.15, 0.2) is 0 Å². The topological polar surface area (TPSA) is 13.1 Å². The molecule has 4 heterocycles. The van der Waals surface area contributed by atoms with Gasteiger partial charge in [-0.3, -0.25) is 0 Å². The van der Waals surface area contributed by atoms with Gasteiger partial charge < -0.3 is 14.0 Å². The molecule has 0 aliphatic carbocycles. The van der Waals surface area contributed by atoms with E-state index in [0.717, 1.165) is 0 Å². The second-order valence-electron chi connectivity index (χ2n) is 20.3. The third-order valence-electron chi connectivity index (χ3n) is 13.4. The number of rotatable bonds is 3. The summed E-state index contributed by atoms with van der Waals surface area (Å²) >= 11 is 0. The van der Waals surface area contributed by atoms with Crippen LogP contribution in [-0.2, 0) is 16.2 Å². The number of fused-ring (bicyclic) bond motifs is 7. The molecule has 0 saturated carbocycles. The number of benzene rings is 7. The Hall–Kier alpha value is -6.26. The summed E-state index contributed by atoms with van der Waals surface area (Å²) in [6, 6.07) is 55.5. The zero-order chi connectivity index (χ0) is 41.5. The summed E-state index contributed by atoms with van der Waals surface area (Å²) in [7, 11) is 0. The van der Waals surface area contributed by atoms with Crippen molar-refractivity contribution in [3.63, 3.8) is 0 Å². The van der Waals surface area contributed by atoms with Crippen LogP contribution >= 0.6 is 0 Å². The summed E-state index contributed by atoms with van der Waals surface area (Å²) in [6.45, 7) is 20.9. The third-order valence-corrected chi connectivity index (χ3v) is 13.4. The molecule has 0 N–H and O–H groups in total. The Labute approximate surface area is 355 Å². The molecule has 0 amide bonds. The second-order valence-corrected chi connectivity index (χ2v) is 20.3. The van der Waals surface area contributed by atoms with Crippen molar-refractivity contribution in [2.75, 3.05) is 4.90 Å². The highest BCUT2D eigenvalue weighted by atomic mass is 15.2. The van der Waals surface area contributed by atoms with E-state index in [1.54, 1.807) is 0 Å².